The third kappa shape index (κ3) is 31.8. The molecule has 63 heavy (non-hydrogen) atoms. The fourth-order valence-electron chi connectivity index (χ4n) is 7.85. The second-order valence-electron chi connectivity index (χ2n) is 17.8. The number of unbranched alkanes of at least 4 members (excludes halogenated alkanes) is 29. The number of rotatable bonds is 42. The van der Waals surface area contributed by atoms with Crippen LogP contribution in [0.5, 0.6) is 0 Å². The molecule has 0 spiro atoms. The lowest BCUT2D eigenvalue weighted by Gasteiger charge is -2.41. The lowest BCUT2D eigenvalue weighted by atomic mass is 9.85. The predicted molar refractivity (Wildman–Crippen MR) is 249 cm³/mol. The van der Waals surface area contributed by atoms with Crippen LogP contribution in [0.3, 0.4) is 0 Å². The average molecular weight is 919 g/mol. The molecule has 0 aliphatic heterocycles. The van der Waals surface area contributed by atoms with E-state index < -0.39 is 75.7 Å². The maximum atomic E-state index is 12.8. The van der Waals surface area contributed by atoms with E-state index in [-0.39, 0.29) is 6.42 Å². The van der Waals surface area contributed by atoms with Crippen LogP contribution in [-0.4, -0.2) is 98.3 Å². The molecule has 1 saturated carbocycles. The number of allylic oxidation sites excluding steroid dienone is 3. The molecule has 0 aromatic rings. The highest BCUT2D eigenvalue weighted by atomic mass is 31.2. The molecule has 6 N–H and O–H groups in total. The molecule has 0 amide bonds. The Bertz CT molecular complexity index is 1200. The largest absolute Gasteiger partial charge is 0.472 e. The first-order chi connectivity index (χ1) is 30.4. The molecule has 0 radical (unpaired) electrons. The molecule has 1 rings (SSSR count). The SMILES string of the molecule is CCCCCCCCCCCCC/C=C/C=C/C(=O)OC[C@H](COP(=O)(O)OC1C(O)C(O)C(O)[C@@H](O)C1O)OC(=O)CCCCCCCCCCCCCCCCCCCCC. The van der Waals surface area contributed by atoms with Crippen molar-refractivity contribution in [3.05, 3.63) is 24.3 Å². The van der Waals surface area contributed by atoms with Crippen LogP contribution in [0.4, 0.5) is 0 Å². The second kappa shape index (κ2) is 39.5. The molecule has 0 aromatic heterocycles. The van der Waals surface area contributed by atoms with Gasteiger partial charge in [0.15, 0.2) is 6.10 Å². The molecule has 14 heteroatoms. The van der Waals surface area contributed by atoms with E-state index >= 15 is 0 Å². The zero-order valence-corrected chi connectivity index (χ0v) is 40.3. The minimum atomic E-state index is -5.14. The van der Waals surface area contributed by atoms with Crippen LogP contribution in [0.1, 0.15) is 219 Å². The Morgan fingerprint density at radius 1 is 0.524 bits per heavy atom. The molecule has 13 nitrogen and oxygen atoms in total. The number of aliphatic hydroxyl groups is 5. The van der Waals surface area contributed by atoms with Crippen LogP contribution in [0.2, 0.25) is 0 Å². The highest BCUT2D eigenvalue weighted by Crippen LogP contribution is 2.47. The van der Waals surface area contributed by atoms with Gasteiger partial charge >= 0.3 is 19.8 Å². The molecule has 6 unspecified atom stereocenters. The van der Waals surface area contributed by atoms with E-state index in [0.717, 1.165) is 44.9 Å². The fourth-order valence-corrected chi connectivity index (χ4v) is 8.82. The molecular formula is C49H91O13P. The van der Waals surface area contributed by atoms with Gasteiger partial charge in [0.1, 0.15) is 43.2 Å². The molecule has 0 bridgehead atoms. The first-order valence-electron chi connectivity index (χ1n) is 25.2. The summed E-state index contributed by atoms with van der Waals surface area (Å²) in [6.07, 6.45) is 31.5. The molecule has 1 fully saturated rings. The standard InChI is InChI=1S/C49H91O13P/c1-3-5-7-9-11-13-15-17-19-20-21-22-24-26-28-30-32-34-36-38-43(51)61-41(40-60-63(57,58)62-49-47(55)45(53)44(52)46(54)48(49)56)39-59-42(50)37-35-33-31-29-27-25-23-18-16-14-12-10-8-6-4-2/h31,33,35,37,41,44-49,52-56H,3-30,32,34,36,38-40H2,1-2H3,(H,57,58)/b33-31+,37-35+/t41-,44?,45-,46?,47?,48?,49?/m1/s1. The number of carbonyl (C=O) groups is 2. The number of hydrogen-bond donors (Lipinski definition) is 6. The molecule has 1 aliphatic carbocycles. The normalized spacial score (nSPS) is 21.8. The summed E-state index contributed by atoms with van der Waals surface area (Å²) in [5.74, 6) is -1.34. The van der Waals surface area contributed by atoms with Gasteiger partial charge in [-0.05, 0) is 19.3 Å². The molecule has 8 atom stereocenters. The van der Waals surface area contributed by atoms with Crippen LogP contribution >= 0.6 is 7.82 Å². The van der Waals surface area contributed by atoms with E-state index in [4.69, 9.17) is 18.5 Å². The van der Waals surface area contributed by atoms with Gasteiger partial charge in [-0.15, -0.1) is 0 Å². The van der Waals surface area contributed by atoms with Gasteiger partial charge in [0, 0.05) is 12.5 Å². The van der Waals surface area contributed by atoms with Crippen molar-refractivity contribution in [3.63, 3.8) is 0 Å². The molecule has 370 valence electrons. The molecule has 0 aromatic carbocycles. The number of carbonyl (C=O) groups excluding carboxylic acids is 2. The van der Waals surface area contributed by atoms with Crippen molar-refractivity contribution in [2.45, 2.75) is 262 Å². The molecule has 0 saturated heterocycles. The minimum absolute atomic E-state index is 0.0823. The Morgan fingerprint density at radius 3 is 1.33 bits per heavy atom. The number of ether oxygens (including phenoxy) is 2. The van der Waals surface area contributed by atoms with Crippen molar-refractivity contribution >= 4 is 19.8 Å². The summed E-state index contributed by atoms with van der Waals surface area (Å²) in [7, 11) is -5.14. The smallest absolute Gasteiger partial charge is 0.458 e. The monoisotopic (exact) mass is 919 g/mol. The molecular weight excluding hydrogens is 827 g/mol. The number of aliphatic hydroxyl groups excluding tert-OH is 5. The van der Waals surface area contributed by atoms with Gasteiger partial charge in [0.2, 0.25) is 0 Å². The maximum absolute atomic E-state index is 12.8. The molecule has 0 heterocycles. The number of phosphoric acid groups is 1. The van der Waals surface area contributed by atoms with Crippen molar-refractivity contribution < 1.29 is 63.1 Å². The van der Waals surface area contributed by atoms with E-state index in [2.05, 4.69) is 13.8 Å². The first-order valence-corrected chi connectivity index (χ1v) is 26.7. The van der Waals surface area contributed by atoms with Crippen molar-refractivity contribution in [3.8, 4) is 0 Å². The Labute approximate surface area is 381 Å². The minimum Gasteiger partial charge on any atom is -0.458 e. The van der Waals surface area contributed by atoms with Gasteiger partial charge in [-0.25, -0.2) is 9.36 Å². The summed E-state index contributed by atoms with van der Waals surface area (Å²) < 4.78 is 33.4. The predicted octanol–water partition coefficient (Wildman–Crippen LogP) is 10.4. The number of phosphoric ester groups is 1. The first kappa shape index (κ1) is 59.3. The van der Waals surface area contributed by atoms with Gasteiger partial charge in [0.05, 0.1) is 6.61 Å². The van der Waals surface area contributed by atoms with Crippen LogP contribution in [-0.2, 0) is 32.7 Å². The van der Waals surface area contributed by atoms with Crippen molar-refractivity contribution in [1.29, 1.82) is 0 Å². The van der Waals surface area contributed by atoms with E-state index in [1.165, 1.54) is 154 Å². The van der Waals surface area contributed by atoms with Crippen LogP contribution in [0.15, 0.2) is 24.3 Å². The van der Waals surface area contributed by atoms with Crippen molar-refractivity contribution in [1.82, 2.24) is 0 Å². The van der Waals surface area contributed by atoms with Gasteiger partial charge in [-0.2, -0.15) is 0 Å². The lowest BCUT2D eigenvalue weighted by Crippen LogP contribution is -2.64. The fraction of sp³-hybridized carbons (Fsp3) is 0.878. The zero-order chi connectivity index (χ0) is 46.4. The zero-order valence-electron chi connectivity index (χ0n) is 39.4. The lowest BCUT2D eigenvalue weighted by molar-refractivity contribution is -0.220. The Balaban J connectivity index is 2.44. The van der Waals surface area contributed by atoms with E-state index in [0.29, 0.717) is 6.42 Å². The van der Waals surface area contributed by atoms with Crippen molar-refractivity contribution in [2.75, 3.05) is 13.2 Å². The average Bonchev–Trinajstić information content (AvgIpc) is 3.26. The second-order valence-corrected chi connectivity index (χ2v) is 19.2. The Kier molecular flexibility index (Phi) is 37.2. The van der Waals surface area contributed by atoms with E-state index in [1.807, 2.05) is 6.08 Å². The summed E-state index contributed by atoms with van der Waals surface area (Å²) in [5.41, 5.74) is 0. The Morgan fingerprint density at radius 2 is 0.905 bits per heavy atom. The summed E-state index contributed by atoms with van der Waals surface area (Å²) in [6.45, 7) is 3.22. The summed E-state index contributed by atoms with van der Waals surface area (Å²) in [5, 5.41) is 50.2. The highest BCUT2D eigenvalue weighted by molar-refractivity contribution is 7.47. The third-order valence-electron chi connectivity index (χ3n) is 11.9. The summed E-state index contributed by atoms with van der Waals surface area (Å²) in [6, 6.07) is 0. The Hall–Kier alpha value is -1.67. The van der Waals surface area contributed by atoms with Crippen molar-refractivity contribution in [2.24, 2.45) is 0 Å². The van der Waals surface area contributed by atoms with Gasteiger partial charge in [-0.1, -0.05) is 212 Å². The van der Waals surface area contributed by atoms with Crippen LogP contribution < -0.4 is 0 Å². The van der Waals surface area contributed by atoms with Crippen LogP contribution in [0.25, 0.3) is 0 Å². The molecule has 1 aliphatic rings. The summed E-state index contributed by atoms with van der Waals surface area (Å²) in [4.78, 5) is 35.6. The van der Waals surface area contributed by atoms with E-state index in [9.17, 15) is 44.6 Å². The number of hydrogen-bond acceptors (Lipinski definition) is 12. The highest BCUT2D eigenvalue weighted by Gasteiger charge is 2.51. The number of esters is 2. The topological polar surface area (TPSA) is 210 Å². The van der Waals surface area contributed by atoms with E-state index in [1.54, 1.807) is 12.2 Å². The van der Waals surface area contributed by atoms with Gasteiger partial charge in [-0.3, -0.25) is 13.8 Å². The third-order valence-corrected chi connectivity index (χ3v) is 12.9. The van der Waals surface area contributed by atoms with Gasteiger partial charge in [0.25, 0.3) is 0 Å². The van der Waals surface area contributed by atoms with Gasteiger partial charge < -0.3 is 39.9 Å². The quantitative estimate of drug-likeness (QED) is 0.0111. The summed E-state index contributed by atoms with van der Waals surface area (Å²) >= 11 is 0. The maximum Gasteiger partial charge on any atom is 0.472 e. The van der Waals surface area contributed by atoms with Crippen LogP contribution in [0, 0.1) is 0 Å².